The van der Waals surface area contributed by atoms with Crippen LogP contribution in [-0.4, -0.2) is 17.1 Å². The van der Waals surface area contributed by atoms with Crippen LogP contribution in [0.25, 0.3) is 0 Å². The Kier molecular flexibility index (Phi) is 2.63. The highest BCUT2D eigenvalue weighted by atomic mass is 35.5. The molecule has 1 aromatic carbocycles. The largest absolute Gasteiger partial charge is 0.350 e. The predicted molar refractivity (Wildman–Crippen MR) is 64.1 cm³/mol. The molecule has 1 fully saturated rings. The molecule has 1 atom stereocenters. The van der Waals surface area contributed by atoms with Gasteiger partial charge in [0, 0.05) is 0 Å². The molecule has 0 radical (unpaired) electrons. The number of hydrogen-bond acceptors (Lipinski definition) is 2. The Bertz CT molecular complexity index is 435. The summed E-state index contributed by atoms with van der Waals surface area (Å²) in [7, 11) is 0. The van der Waals surface area contributed by atoms with Gasteiger partial charge in [0.1, 0.15) is 6.04 Å². The molecule has 1 aliphatic rings. The molecule has 1 N–H and O–H groups in total. The van der Waals surface area contributed by atoms with E-state index in [4.69, 9.17) is 23.8 Å². The van der Waals surface area contributed by atoms with E-state index in [-0.39, 0.29) is 11.9 Å². The number of amides is 1. The van der Waals surface area contributed by atoms with E-state index >= 15 is 0 Å². The number of para-hydroxylation sites is 1. The standard InChI is InChI=1S/C10H9ClN2OS/c1-6-9(14)13(10(15)12-6)8-5-3-2-4-7(8)11/h2-6H,1H3,(H,12,15)/t6-/m1/s1. The third-order valence-corrected chi connectivity index (χ3v) is 2.85. The van der Waals surface area contributed by atoms with Crippen molar-refractivity contribution < 1.29 is 4.79 Å². The third kappa shape index (κ3) is 1.70. The van der Waals surface area contributed by atoms with Crippen LogP contribution in [0.15, 0.2) is 24.3 Å². The van der Waals surface area contributed by atoms with Crippen molar-refractivity contribution in [1.29, 1.82) is 0 Å². The van der Waals surface area contributed by atoms with Crippen LogP contribution < -0.4 is 10.2 Å². The van der Waals surface area contributed by atoms with Crippen LogP contribution >= 0.6 is 23.8 Å². The maximum absolute atomic E-state index is 11.8. The minimum atomic E-state index is -0.284. The highest BCUT2D eigenvalue weighted by molar-refractivity contribution is 7.80. The van der Waals surface area contributed by atoms with E-state index in [1.54, 1.807) is 19.1 Å². The summed E-state index contributed by atoms with van der Waals surface area (Å²) >= 11 is 11.1. The van der Waals surface area contributed by atoms with E-state index in [1.165, 1.54) is 4.90 Å². The lowest BCUT2D eigenvalue weighted by atomic mass is 10.2. The summed E-state index contributed by atoms with van der Waals surface area (Å²) in [5.41, 5.74) is 0.631. The quantitative estimate of drug-likeness (QED) is 0.762. The predicted octanol–water partition coefficient (Wildman–Crippen LogP) is 1.95. The first-order chi connectivity index (χ1) is 7.11. The van der Waals surface area contributed by atoms with Crippen molar-refractivity contribution in [2.24, 2.45) is 0 Å². The Balaban J connectivity index is 2.44. The minimum absolute atomic E-state index is 0.0758. The molecule has 0 unspecified atom stereocenters. The summed E-state index contributed by atoms with van der Waals surface area (Å²) < 4.78 is 0. The first-order valence-corrected chi connectivity index (χ1v) is 5.29. The zero-order valence-electron chi connectivity index (χ0n) is 8.03. The van der Waals surface area contributed by atoms with Crippen LogP contribution in [0.5, 0.6) is 0 Å². The number of carbonyl (C=O) groups excluding carboxylic acids is 1. The van der Waals surface area contributed by atoms with Crippen molar-refractivity contribution in [2.45, 2.75) is 13.0 Å². The molecule has 1 aliphatic heterocycles. The summed E-state index contributed by atoms with van der Waals surface area (Å²) in [5.74, 6) is -0.0758. The number of carbonyl (C=O) groups is 1. The molecule has 1 amide bonds. The normalized spacial score (nSPS) is 20.7. The van der Waals surface area contributed by atoms with E-state index in [0.29, 0.717) is 15.8 Å². The average Bonchev–Trinajstić information content (AvgIpc) is 2.43. The van der Waals surface area contributed by atoms with Crippen molar-refractivity contribution in [1.82, 2.24) is 5.32 Å². The molecule has 3 nitrogen and oxygen atoms in total. The Hall–Kier alpha value is -1.13. The lowest BCUT2D eigenvalue weighted by Gasteiger charge is -2.15. The number of benzene rings is 1. The zero-order chi connectivity index (χ0) is 11.0. The van der Waals surface area contributed by atoms with Crippen molar-refractivity contribution >= 4 is 40.5 Å². The van der Waals surface area contributed by atoms with Gasteiger partial charge in [-0.25, -0.2) is 0 Å². The number of halogens is 1. The molecule has 0 saturated carbocycles. The zero-order valence-corrected chi connectivity index (χ0v) is 9.60. The number of thiocarbonyl (C=S) groups is 1. The van der Waals surface area contributed by atoms with Gasteiger partial charge in [0.15, 0.2) is 5.11 Å². The van der Waals surface area contributed by atoms with Crippen molar-refractivity contribution in [3.05, 3.63) is 29.3 Å². The molecule has 0 bridgehead atoms. The summed E-state index contributed by atoms with van der Waals surface area (Å²) in [6.07, 6.45) is 0. The van der Waals surface area contributed by atoms with Gasteiger partial charge in [-0.2, -0.15) is 0 Å². The van der Waals surface area contributed by atoms with E-state index in [2.05, 4.69) is 5.32 Å². The third-order valence-electron chi connectivity index (χ3n) is 2.23. The van der Waals surface area contributed by atoms with E-state index in [1.807, 2.05) is 12.1 Å². The Morgan fingerprint density at radius 3 is 2.67 bits per heavy atom. The molecule has 78 valence electrons. The second-order valence-electron chi connectivity index (χ2n) is 3.30. The SMILES string of the molecule is C[C@H]1NC(=S)N(c2ccccc2Cl)C1=O. The Morgan fingerprint density at radius 1 is 1.47 bits per heavy atom. The van der Waals surface area contributed by atoms with Crippen LogP contribution in [0.2, 0.25) is 5.02 Å². The fourth-order valence-electron chi connectivity index (χ4n) is 1.47. The lowest BCUT2D eigenvalue weighted by molar-refractivity contribution is -0.117. The second kappa shape index (κ2) is 3.79. The van der Waals surface area contributed by atoms with Gasteiger partial charge in [0.25, 0.3) is 5.91 Å². The number of anilines is 1. The number of hydrogen-bond donors (Lipinski definition) is 1. The second-order valence-corrected chi connectivity index (χ2v) is 4.09. The van der Waals surface area contributed by atoms with E-state index in [0.717, 1.165) is 0 Å². The highest BCUT2D eigenvalue weighted by Crippen LogP contribution is 2.27. The summed E-state index contributed by atoms with van der Waals surface area (Å²) in [4.78, 5) is 13.2. The fraction of sp³-hybridized carbons (Fsp3) is 0.200. The molecule has 1 heterocycles. The molecule has 0 aromatic heterocycles. The van der Waals surface area contributed by atoms with Crippen molar-refractivity contribution in [3.63, 3.8) is 0 Å². The van der Waals surface area contributed by atoms with Gasteiger partial charge in [-0.1, -0.05) is 23.7 Å². The topological polar surface area (TPSA) is 32.3 Å². The van der Waals surface area contributed by atoms with Crippen molar-refractivity contribution in [2.75, 3.05) is 4.90 Å². The lowest BCUT2D eigenvalue weighted by Crippen LogP contribution is -2.30. The minimum Gasteiger partial charge on any atom is -0.350 e. The van der Waals surface area contributed by atoms with Crippen LogP contribution in [0, 0.1) is 0 Å². The van der Waals surface area contributed by atoms with Gasteiger partial charge in [0.05, 0.1) is 10.7 Å². The van der Waals surface area contributed by atoms with E-state index in [9.17, 15) is 4.79 Å². The summed E-state index contributed by atoms with van der Waals surface area (Å²) in [5, 5.41) is 3.81. The number of nitrogens with one attached hydrogen (secondary N) is 1. The van der Waals surface area contributed by atoms with Crippen LogP contribution in [0.3, 0.4) is 0 Å². The van der Waals surface area contributed by atoms with E-state index < -0.39 is 0 Å². The first kappa shape index (κ1) is 10.4. The van der Waals surface area contributed by atoms with Gasteiger partial charge >= 0.3 is 0 Å². The molecule has 1 aromatic rings. The van der Waals surface area contributed by atoms with Gasteiger partial charge in [0.2, 0.25) is 0 Å². The number of rotatable bonds is 1. The molecule has 2 rings (SSSR count). The van der Waals surface area contributed by atoms with Gasteiger partial charge in [-0.05, 0) is 31.3 Å². The molecular weight excluding hydrogens is 232 g/mol. The maximum Gasteiger partial charge on any atom is 0.255 e. The fourth-order valence-corrected chi connectivity index (χ4v) is 2.05. The molecule has 5 heteroatoms. The maximum atomic E-state index is 11.8. The molecule has 15 heavy (non-hydrogen) atoms. The van der Waals surface area contributed by atoms with Gasteiger partial charge in [-0.15, -0.1) is 0 Å². The molecule has 0 aliphatic carbocycles. The average molecular weight is 241 g/mol. The first-order valence-electron chi connectivity index (χ1n) is 4.50. The monoisotopic (exact) mass is 240 g/mol. The summed E-state index contributed by atoms with van der Waals surface area (Å²) in [6, 6.07) is 6.85. The van der Waals surface area contributed by atoms with Crippen molar-refractivity contribution in [3.8, 4) is 0 Å². The highest BCUT2D eigenvalue weighted by Gasteiger charge is 2.34. The Morgan fingerprint density at radius 2 is 2.13 bits per heavy atom. The van der Waals surface area contributed by atoms with Crippen LogP contribution in [0.1, 0.15) is 6.92 Å². The molecule has 1 saturated heterocycles. The van der Waals surface area contributed by atoms with Gasteiger partial charge in [-0.3, -0.25) is 9.69 Å². The molecular formula is C10H9ClN2OS. The van der Waals surface area contributed by atoms with Crippen LogP contribution in [-0.2, 0) is 4.79 Å². The smallest absolute Gasteiger partial charge is 0.255 e. The Labute approximate surface area is 98.0 Å². The molecule has 0 spiro atoms. The van der Waals surface area contributed by atoms with Crippen LogP contribution in [0.4, 0.5) is 5.69 Å². The summed E-state index contributed by atoms with van der Waals surface area (Å²) in [6.45, 7) is 1.77. The van der Waals surface area contributed by atoms with Gasteiger partial charge < -0.3 is 5.32 Å². The number of nitrogens with zero attached hydrogens (tertiary/aromatic N) is 1.